The molecule has 0 spiro atoms. The van der Waals surface area contributed by atoms with E-state index in [1.807, 2.05) is 0 Å². The highest BCUT2D eigenvalue weighted by molar-refractivity contribution is 5.04. The summed E-state index contributed by atoms with van der Waals surface area (Å²) < 4.78 is 0. The Morgan fingerprint density at radius 1 is 1.21 bits per heavy atom. The van der Waals surface area contributed by atoms with Crippen molar-refractivity contribution in [1.29, 1.82) is 0 Å². The number of fused-ring (bicyclic) bond motifs is 2. The van der Waals surface area contributed by atoms with Gasteiger partial charge in [-0.15, -0.1) is 0 Å². The quantitative estimate of drug-likeness (QED) is 0.653. The first-order valence-corrected chi connectivity index (χ1v) is 6.33. The van der Waals surface area contributed by atoms with Crippen LogP contribution in [0.5, 0.6) is 0 Å². The highest BCUT2D eigenvalue weighted by Gasteiger charge is 2.50. The molecule has 0 radical (unpaired) electrons. The van der Waals surface area contributed by atoms with Crippen molar-refractivity contribution in [3.8, 4) is 0 Å². The molecular formula is C13H25N. The van der Waals surface area contributed by atoms with Crippen LogP contribution in [0.1, 0.15) is 53.4 Å². The van der Waals surface area contributed by atoms with E-state index in [4.69, 9.17) is 0 Å². The monoisotopic (exact) mass is 195 g/mol. The van der Waals surface area contributed by atoms with E-state index in [1.54, 1.807) is 0 Å². The van der Waals surface area contributed by atoms with Gasteiger partial charge in [0.1, 0.15) is 0 Å². The Bertz CT molecular complexity index is 209. The predicted molar refractivity (Wildman–Crippen MR) is 61.4 cm³/mol. The molecule has 1 aliphatic carbocycles. The van der Waals surface area contributed by atoms with Crippen LogP contribution >= 0.6 is 0 Å². The SMILES string of the molecule is CC(C)N1C[C@H]2CCC[C@]1(C(C)C)C2. The van der Waals surface area contributed by atoms with Gasteiger partial charge in [0.2, 0.25) is 0 Å². The van der Waals surface area contributed by atoms with Gasteiger partial charge in [0, 0.05) is 18.1 Å². The minimum absolute atomic E-state index is 0.567. The molecule has 82 valence electrons. The first kappa shape index (κ1) is 10.5. The molecule has 1 heterocycles. The molecule has 1 saturated carbocycles. The Hall–Kier alpha value is -0.0400. The standard InChI is InChI=1S/C13H25N/c1-10(2)13-7-5-6-12(8-13)9-14(13)11(3)4/h10-12H,5-9H2,1-4H3/t12-,13+/m0/s1. The molecule has 1 nitrogen and oxygen atoms in total. The zero-order valence-corrected chi connectivity index (χ0v) is 10.2. The summed E-state index contributed by atoms with van der Waals surface area (Å²) in [6, 6.07) is 0.737. The molecule has 0 aromatic carbocycles. The Balaban J connectivity index is 2.25. The molecule has 0 aromatic heterocycles. The summed E-state index contributed by atoms with van der Waals surface area (Å²) in [5.41, 5.74) is 0.567. The van der Waals surface area contributed by atoms with Crippen LogP contribution in [0.2, 0.25) is 0 Å². The van der Waals surface area contributed by atoms with Crippen molar-refractivity contribution in [3.05, 3.63) is 0 Å². The maximum absolute atomic E-state index is 2.80. The molecule has 2 fully saturated rings. The molecule has 0 amide bonds. The van der Waals surface area contributed by atoms with Crippen LogP contribution in [0.4, 0.5) is 0 Å². The maximum Gasteiger partial charge on any atom is 0.0238 e. The van der Waals surface area contributed by atoms with Crippen LogP contribution in [0.3, 0.4) is 0 Å². The van der Waals surface area contributed by atoms with Gasteiger partial charge in [-0.2, -0.15) is 0 Å². The van der Waals surface area contributed by atoms with Gasteiger partial charge in [0.15, 0.2) is 0 Å². The third kappa shape index (κ3) is 1.41. The predicted octanol–water partition coefficient (Wildman–Crippen LogP) is 3.30. The molecule has 2 aliphatic rings. The molecular weight excluding hydrogens is 170 g/mol. The first-order chi connectivity index (χ1) is 6.56. The minimum atomic E-state index is 0.567. The third-order valence-corrected chi connectivity index (χ3v) is 4.59. The molecule has 1 saturated heterocycles. The Kier molecular flexibility index (Phi) is 2.63. The third-order valence-electron chi connectivity index (χ3n) is 4.59. The lowest BCUT2D eigenvalue weighted by atomic mass is 9.73. The van der Waals surface area contributed by atoms with E-state index in [0.29, 0.717) is 5.54 Å². The molecule has 0 unspecified atom stereocenters. The second-order valence-corrected chi connectivity index (χ2v) is 5.97. The summed E-state index contributed by atoms with van der Waals surface area (Å²) in [4.78, 5) is 2.80. The minimum Gasteiger partial charge on any atom is -0.295 e. The highest BCUT2D eigenvalue weighted by atomic mass is 15.3. The van der Waals surface area contributed by atoms with Crippen molar-refractivity contribution < 1.29 is 0 Å². The van der Waals surface area contributed by atoms with E-state index in [1.165, 1.54) is 32.2 Å². The molecule has 1 heteroatoms. The van der Waals surface area contributed by atoms with E-state index in [-0.39, 0.29) is 0 Å². The molecule has 0 aromatic rings. The van der Waals surface area contributed by atoms with E-state index in [2.05, 4.69) is 32.6 Å². The van der Waals surface area contributed by atoms with Crippen molar-refractivity contribution >= 4 is 0 Å². The maximum atomic E-state index is 2.80. The van der Waals surface area contributed by atoms with Crippen molar-refractivity contribution in [2.75, 3.05) is 6.54 Å². The highest BCUT2D eigenvalue weighted by Crippen LogP contribution is 2.48. The number of hydrogen-bond acceptors (Lipinski definition) is 1. The zero-order chi connectivity index (χ0) is 10.3. The topological polar surface area (TPSA) is 3.24 Å². The van der Waals surface area contributed by atoms with Gasteiger partial charge in [-0.25, -0.2) is 0 Å². The first-order valence-electron chi connectivity index (χ1n) is 6.33. The smallest absolute Gasteiger partial charge is 0.0238 e. The molecule has 2 rings (SSSR count). The van der Waals surface area contributed by atoms with Crippen LogP contribution in [0.15, 0.2) is 0 Å². The van der Waals surface area contributed by atoms with Crippen LogP contribution in [-0.2, 0) is 0 Å². The Labute approximate surface area is 88.9 Å². The summed E-state index contributed by atoms with van der Waals surface area (Å²) in [5, 5.41) is 0. The summed E-state index contributed by atoms with van der Waals surface area (Å²) in [6.07, 6.45) is 5.87. The van der Waals surface area contributed by atoms with Crippen LogP contribution in [-0.4, -0.2) is 23.0 Å². The molecule has 1 aliphatic heterocycles. The largest absolute Gasteiger partial charge is 0.295 e. The van der Waals surface area contributed by atoms with E-state index in [9.17, 15) is 0 Å². The van der Waals surface area contributed by atoms with Gasteiger partial charge in [-0.05, 0) is 44.9 Å². The molecule has 0 N–H and O–H groups in total. The van der Waals surface area contributed by atoms with Crippen LogP contribution in [0.25, 0.3) is 0 Å². The van der Waals surface area contributed by atoms with E-state index in [0.717, 1.165) is 17.9 Å². The summed E-state index contributed by atoms with van der Waals surface area (Å²) >= 11 is 0. The Morgan fingerprint density at radius 2 is 1.93 bits per heavy atom. The zero-order valence-electron chi connectivity index (χ0n) is 10.2. The van der Waals surface area contributed by atoms with Crippen molar-refractivity contribution in [1.82, 2.24) is 4.90 Å². The molecule has 2 bridgehead atoms. The van der Waals surface area contributed by atoms with Crippen molar-refractivity contribution in [3.63, 3.8) is 0 Å². The summed E-state index contributed by atoms with van der Waals surface area (Å²) in [7, 11) is 0. The number of rotatable bonds is 2. The lowest BCUT2D eigenvalue weighted by Crippen LogP contribution is -2.51. The van der Waals surface area contributed by atoms with Gasteiger partial charge in [0.25, 0.3) is 0 Å². The van der Waals surface area contributed by atoms with Crippen LogP contribution in [0, 0.1) is 11.8 Å². The van der Waals surface area contributed by atoms with Crippen molar-refractivity contribution in [2.24, 2.45) is 11.8 Å². The molecule has 2 atom stereocenters. The number of nitrogens with zero attached hydrogens (tertiary/aromatic N) is 1. The second kappa shape index (κ2) is 3.52. The van der Waals surface area contributed by atoms with Crippen molar-refractivity contribution in [2.45, 2.75) is 65.0 Å². The lowest BCUT2D eigenvalue weighted by molar-refractivity contribution is 0.0476. The fraction of sp³-hybridized carbons (Fsp3) is 1.00. The van der Waals surface area contributed by atoms with Crippen LogP contribution < -0.4 is 0 Å². The Morgan fingerprint density at radius 3 is 2.50 bits per heavy atom. The fourth-order valence-corrected chi connectivity index (χ4v) is 3.86. The van der Waals surface area contributed by atoms with Gasteiger partial charge >= 0.3 is 0 Å². The van der Waals surface area contributed by atoms with E-state index >= 15 is 0 Å². The average Bonchev–Trinajstić information content (AvgIpc) is 2.39. The number of likely N-dealkylation sites (tertiary alicyclic amines) is 1. The lowest BCUT2D eigenvalue weighted by Gasteiger charge is -2.45. The van der Waals surface area contributed by atoms with Gasteiger partial charge in [-0.1, -0.05) is 20.3 Å². The number of hydrogen-bond donors (Lipinski definition) is 0. The normalized spacial score (nSPS) is 38.6. The fourth-order valence-electron chi connectivity index (χ4n) is 3.86. The summed E-state index contributed by atoms with van der Waals surface area (Å²) in [5.74, 6) is 1.84. The molecule has 14 heavy (non-hydrogen) atoms. The second-order valence-electron chi connectivity index (χ2n) is 5.97. The van der Waals surface area contributed by atoms with E-state index < -0.39 is 0 Å². The van der Waals surface area contributed by atoms with Gasteiger partial charge < -0.3 is 0 Å². The summed E-state index contributed by atoms with van der Waals surface area (Å²) in [6.45, 7) is 10.9. The average molecular weight is 195 g/mol. The van der Waals surface area contributed by atoms with Gasteiger partial charge in [0.05, 0.1) is 0 Å². The van der Waals surface area contributed by atoms with Gasteiger partial charge in [-0.3, -0.25) is 4.90 Å².